The monoisotopic (exact) mass is 562 g/mol. The van der Waals surface area contributed by atoms with Crippen molar-refractivity contribution in [2.45, 2.75) is 57.7 Å². The molecular weight excluding hydrogens is 528 g/mol. The van der Waals surface area contributed by atoms with Crippen LogP contribution in [-0.2, 0) is 25.6 Å². The van der Waals surface area contributed by atoms with Crippen LogP contribution in [0.3, 0.4) is 0 Å². The number of ketones is 1. The first-order valence-electron chi connectivity index (χ1n) is 13.3. The van der Waals surface area contributed by atoms with Gasteiger partial charge in [0.15, 0.2) is 0 Å². The lowest BCUT2D eigenvalue weighted by atomic mass is 9.94. The van der Waals surface area contributed by atoms with Gasteiger partial charge in [0.2, 0.25) is 17.6 Å². The highest BCUT2D eigenvalue weighted by Crippen LogP contribution is 2.25. The summed E-state index contributed by atoms with van der Waals surface area (Å²) in [7, 11) is 0. The fourth-order valence-electron chi connectivity index (χ4n) is 4.60. The van der Waals surface area contributed by atoms with Crippen LogP contribution in [0.15, 0.2) is 60.7 Å². The number of hydrogen-bond acceptors (Lipinski definition) is 6. The second-order valence-corrected chi connectivity index (χ2v) is 12.1. The number of carbonyl (C=O) groups excluding carboxylic acids is 5. The average Bonchev–Trinajstić information content (AvgIpc) is 3.53. The number of rotatable bonds is 10. The summed E-state index contributed by atoms with van der Waals surface area (Å²) in [6.45, 7) is 5.70. The van der Waals surface area contributed by atoms with Crippen molar-refractivity contribution in [1.82, 2.24) is 21.3 Å². The Bertz CT molecular complexity index is 1380. The quantitative estimate of drug-likeness (QED) is 0.282. The SMILES string of the molecule is CC(C)(C)NC(=O)C(=O)C(C[C@@H]1CCNC1=O)NC(=O)[C@H](Cc1ccccc1)NC(=O)c1cc2ccccc2s1. The highest BCUT2D eigenvalue weighted by Gasteiger charge is 2.36. The summed E-state index contributed by atoms with van der Waals surface area (Å²) in [6.07, 6.45) is 0.647. The Balaban J connectivity index is 1.57. The predicted molar refractivity (Wildman–Crippen MR) is 154 cm³/mol. The molecule has 4 N–H and O–H groups in total. The Hall–Kier alpha value is -4.05. The summed E-state index contributed by atoms with van der Waals surface area (Å²) in [6, 6.07) is 16.3. The first kappa shape index (κ1) is 28.9. The smallest absolute Gasteiger partial charge is 0.290 e. The molecule has 0 saturated carbocycles. The van der Waals surface area contributed by atoms with Crippen LogP contribution in [0, 0.1) is 5.92 Å². The van der Waals surface area contributed by atoms with Crippen molar-refractivity contribution in [1.29, 1.82) is 0 Å². The molecule has 9 nitrogen and oxygen atoms in total. The van der Waals surface area contributed by atoms with E-state index in [1.165, 1.54) is 11.3 Å². The van der Waals surface area contributed by atoms with Crippen molar-refractivity contribution in [2.75, 3.05) is 6.54 Å². The van der Waals surface area contributed by atoms with Gasteiger partial charge in [0, 0.05) is 29.1 Å². The maximum Gasteiger partial charge on any atom is 0.290 e. The van der Waals surface area contributed by atoms with Gasteiger partial charge in [-0.3, -0.25) is 24.0 Å². The van der Waals surface area contributed by atoms with E-state index in [0.29, 0.717) is 17.8 Å². The van der Waals surface area contributed by atoms with E-state index in [9.17, 15) is 24.0 Å². The van der Waals surface area contributed by atoms with Gasteiger partial charge in [-0.05, 0) is 56.7 Å². The van der Waals surface area contributed by atoms with Gasteiger partial charge >= 0.3 is 0 Å². The molecule has 3 aromatic rings. The van der Waals surface area contributed by atoms with Crippen molar-refractivity contribution in [3.63, 3.8) is 0 Å². The van der Waals surface area contributed by atoms with Gasteiger partial charge in [0.1, 0.15) is 6.04 Å². The topological polar surface area (TPSA) is 133 Å². The zero-order valence-corrected chi connectivity index (χ0v) is 23.6. The lowest BCUT2D eigenvalue weighted by molar-refractivity contribution is -0.141. The molecule has 210 valence electrons. The number of amides is 4. The van der Waals surface area contributed by atoms with Crippen molar-refractivity contribution in [3.8, 4) is 0 Å². The third-order valence-electron chi connectivity index (χ3n) is 6.58. The summed E-state index contributed by atoms with van der Waals surface area (Å²) in [5, 5.41) is 11.8. The van der Waals surface area contributed by atoms with Crippen LogP contribution in [0.25, 0.3) is 10.1 Å². The Labute approximate surface area is 237 Å². The van der Waals surface area contributed by atoms with E-state index in [0.717, 1.165) is 15.6 Å². The summed E-state index contributed by atoms with van der Waals surface area (Å²) >= 11 is 1.32. The molecule has 1 saturated heterocycles. The minimum absolute atomic E-state index is 0.0176. The fraction of sp³-hybridized carbons (Fsp3) is 0.367. The predicted octanol–water partition coefficient (Wildman–Crippen LogP) is 2.74. The van der Waals surface area contributed by atoms with E-state index in [1.807, 2.05) is 54.6 Å². The second-order valence-electron chi connectivity index (χ2n) is 11.0. The van der Waals surface area contributed by atoms with Crippen LogP contribution in [-0.4, -0.2) is 53.6 Å². The molecule has 1 aromatic heterocycles. The van der Waals surface area contributed by atoms with E-state index < -0.39 is 47.0 Å². The zero-order valence-electron chi connectivity index (χ0n) is 22.8. The lowest BCUT2D eigenvalue weighted by Gasteiger charge is -2.26. The van der Waals surface area contributed by atoms with Gasteiger partial charge in [-0.1, -0.05) is 48.5 Å². The summed E-state index contributed by atoms with van der Waals surface area (Å²) in [5.74, 6) is -3.44. The number of thiophene rings is 1. The van der Waals surface area contributed by atoms with Crippen LogP contribution in [0.4, 0.5) is 0 Å². The van der Waals surface area contributed by atoms with Crippen LogP contribution < -0.4 is 21.3 Å². The maximum atomic E-state index is 13.7. The molecule has 4 amide bonds. The molecule has 40 heavy (non-hydrogen) atoms. The van der Waals surface area contributed by atoms with Crippen molar-refractivity contribution < 1.29 is 24.0 Å². The summed E-state index contributed by atoms with van der Waals surface area (Å²) in [4.78, 5) is 65.6. The molecule has 0 spiro atoms. The molecule has 1 fully saturated rings. The number of fused-ring (bicyclic) bond motifs is 1. The Kier molecular flexibility index (Phi) is 8.99. The largest absolute Gasteiger partial charge is 0.356 e. The molecule has 0 aliphatic carbocycles. The summed E-state index contributed by atoms with van der Waals surface area (Å²) < 4.78 is 0.946. The molecule has 3 atom stereocenters. The third kappa shape index (κ3) is 7.53. The van der Waals surface area contributed by atoms with Crippen molar-refractivity contribution in [3.05, 3.63) is 71.1 Å². The fourth-order valence-corrected chi connectivity index (χ4v) is 5.57. The van der Waals surface area contributed by atoms with Gasteiger partial charge in [0.25, 0.3) is 11.8 Å². The zero-order chi connectivity index (χ0) is 28.9. The van der Waals surface area contributed by atoms with Gasteiger partial charge in [0.05, 0.1) is 10.9 Å². The molecule has 1 aliphatic rings. The highest BCUT2D eigenvalue weighted by molar-refractivity contribution is 7.20. The van der Waals surface area contributed by atoms with E-state index in [4.69, 9.17) is 0 Å². The van der Waals surface area contributed by atoms with Crippen molar-refractivity contribution >= 4 is 50.8 Å². The lowest BCUT2D eigenvalue weighted by Crippen LogP contribution is -2.56. The summed E-state index contributed by atoms with van der Waals surface area (Å²) in [5.41, 5.74) is 0.142. The second kappa shape index (κ2) is 12.4. The Morgan fingerprint density at radius 1 is 0.975 bits per heavy atom. The molecular formula is C30H34N4O5S. The molecule has 0 radical (unpaired) electrons. The molecule has 2 aromatic carbocycles. The Morgan fingerprint density at radius 2 is 1.68 bits per heavy atom. The number of nitrogens with one attached hydrogen (secondary N) is 4. The van der Waals surface area contributed by atoms with Crippen LogP contribution in [0.1, 0.15) is 48.8 Å². The number of carbonyl (C=O) groups is 5. The number of benzene rings is 2. The van der Waals surface area contributed by atoms with Gasteiger partial charge < -0.3 is 21.3 Å². The molecule has 4 rings (SSSR count). The van der Waals surface area contributed by atoms with Crippen LogP contribution >= 0.6 is 11.3 Å². The molecule has 0 bridgehead atoms. The minimum Gasteiger partial charge on any atom is -0.356 e. The molecule has 2 heterocycles. The number of hydrogen-bond donors (Lipinski definition) is 4. The molecule has 1 unspecified atom stereocenters. The Morgan fingerprint density at radius 3 is 2.33 bits per heavy atom. The standard InChI is InChI=1S/C30H34N4O5S/c1-30(2,3)34-29(39)25(35)21(16-20-13-14-31-26(20)36)32-27(37)22(15-18-9-5-4-6-10-18)33-28(38)24-17-19-11-7-8-12-23(19)40-24/h4-12,17,20-22H,13-16H2,1-3H3,(H,31,36)(H,32,37)(H,33,38)(H,34,39)/t20-,21?,22-/m0/s1. The van der Waals surface area contributed by atoms with E-state index >= 15 is 0 Å². The van der Waals surface area contributed by atoms with E-state index in [-0.39, 0.29) is 18.7 Å². The normalized spacial score (nSPS) is 16.6. The van der Waals surface area contributed by atoms with Gasteiger partial charge in [-0.25, -0.2) is 0 Å². The van der Waals surface area contributed by atoms with Crippen LogP contribution in [0.2, 0.25) is 0 Å². The third-order valence-corrected chi connectivity index (χ3v) is 7.70. The number of Topliss-reactive ketones (excluding diaryl/α,β-unsaturated/α-hetero) is 1. The minimum atomic E-state index is -1.23. The van der Waals surface area contributed by atoms with E-state index in [1.54, 1.807) is 26.8 Å². The molecule has 1 aliphatic heterocycles. The van der Waals surface area contributed by atoms with Crippen molar-refractivity contribution in [2.24, 2.45) is 5.92 Å². The van der Waals surface area contributed by atoms with Crippen LogP contribution in [0.5, 0.6) is 0 Å². The van der Waals surface area contributed by atoms with Gasteiger partial charge in [-0.2, -0.15) is 0 Å². The highest BCUT2D eigenvalue weighted by atomic mass is 32.1. The van der Waals surface area contributed by atoms with Gasteiger partial charge in [-0.15, -0.1) is 11.3 Å². The molecule has 10 heteroatoms. The first-order valence-corrected chi connectivity index (χ1v) is 14.1. The maximum absolute atomic E-state index is 13.7. The average molecular weight is 563 g/mol. The first-order chi connectivity index (χ1) is 19.0. The van der Waals surface area contributed by atoms with E-state index in [2.05, 4.69) is 21.3 Å².